The average Bonchev–Trinajstić information content (AvgIpc) is 3.07. The Balaban J connectivity index is 1.87. The van der Waals surface area contributed by atoms with Crippen LogP contribution in [0.15, 0.2) is 60.7 Å². The van der Waals surface area contributed by atoms with Gasteiger partial charge in [0.2, 0.25) is 0 Å². The Kier molecular flexibility index (Phi) is 8.06. The van der Waals surface area contributed by atoms with Gasteiger partial charge in [-0.1, -0.05) is 87.4 Å². The minimum Gasteiger partial charge on any atom is -0.328 e. The van der Waals surface area contributed by atoms with E-state index in [-0.39, 0.29) is 0 Å². The summed E-state index contributed by atoms with van der Waals surface area (Å²) in [5, 5.41) is 0. The van der Waals surface area contributed by atoms with Gasteiger partial charge in [-0.3, -0.25) is 4.90 Å². The smallest absolute Gasteiger partial charge is 0.140 e. The molecule has 154 valence electrons. The monoisotopic (exact) mass is 389 g/mol. The van der Waals surface area contributed by atoms with Crippen molar-refractivity contribution in [3.8, 4) is 11.4 Å². The van der Waals surface area contributed by atoms with Gasteiger partial charge in [0.15, 0.2) is 0 Å². The Morgan fingerprint density at radius 3 is 2.14 bits per heavy atom. The van der Waals surface area contributed by atoms with Crippen molar-refractivity contribution in [3.05, 3.63) is 77.6 Å². The van der Waals surface area contributed by atoms with Crippen LogP contribution in [0.4, 0.5) is 0 Å². The fraction of sp³-hybridized carbons (Fsp3) is 0.423. The van der Waals surface area contributed by atoms with Crippen LogP contribution in [-0.2, 0) is 19.6 Å². The summed E-state index contributed by atoms with van der Waals surface area (Å²) < 4.78 is 2.43. The summed E-state index contributed by atoms with van der Waals surface area (Å²) >= 11 is 0. The first kappa shape index (κ1) is 21.3. The van der Waals surface area contributed by atoms with E-state index in [0.29, 0.717) is 0 Å². The molecule has 3 aromatic rings. The molecule has 0 atom stereocenters. The average molecular weight is 390 g/mol. The molecule has 0 bridgehead atoms. The van der Waals surface area contributed by atoms with Gasteiger partial charge in [0.1, 0.15) is 5.82 Å². The first-order chi connectivity index (χ1) is 14.2. The molecule has 1 aromatic heterocycles. The maximum atomic E-state index is 5.14. The first-order valence-corrected chi connectivity index (χ1v) is 11.1. The molecule has 0 aliphatic rings. The van der Waals surface area contributed by atoms with Gasteiger partial charge < -0.3 is 4.57 Å². The third kappa shape index (κ3) is 5.80. The number of rotatable bonds is 11. The van der Waals surface area contributed by atoms with Crippen LogP contribution in [0.25, 0.3) is 11.4 Å². The third-order valence-electron chi connectivity index (χ3n) is 5.54. The third-order valence-corrected chi connectivity index (χ3v) is 5.54. The lowest BCUT2D eigenvalue weighted by Crippen LogP contribution is -2.24. The van der Waals surface area contributed by atoms with Crippen LogP contribution in [-0.4, -0.2) is 21.0 Å². The lowest BCUT2D eigenvalue weighted by atomic mass is 10.2. The number of aromatic nitrogens is 2. The van der Waals surface area contributed by atoms with E-state index in [9.17, 15) is 0 Å². The molecule has 0 spiro atoms. The molecule has 0 radical (unpaired) electrons. The van der Waals surface area contributed by atoms with Crippen LogP contribution in [0.3, 0.4) is 0 Å². The van der Waals surface area contributed by atoms with E-state index >= 15 is 0 Å². The SMILES string of the molecule is CCCCN(Cc1ccccc1)Cc1nc(-c2ccccc2)n(CCCC)c1C. The largest absolute Gasteiger partial charge is 0.328 e. The van der Waals surface area contributed by atoms with E-state index in [0.717, 1.165) is 32.0 Å². The Labute approximate surface area is 176 Å². The van der Waals surface area contributed by atoms with Gasteiger partial charge in [0, 0.05) is 30.9 Å². The molecule has 0 aliphatic heterocycles. The van der Waals surface area contributed by atoms with Crippen LogP contribution in [0.1, 0.15) is 56.5 Å². The highest BCUT2D eigenvalue weighted by molar-refractivity contribution is 5.56. The fourth-order valence-electron chi connectivity index (χ4n) is 3.78. The number of hydrogen-bond donors (Lipinski definition) is 0. The van der Waals surface area contributed by atoms with Crippen molar-refractivity contribution in [2.24, 2.45) is 0 Å². The number of unbranched alkanes of at least 4 members (excludes halogenated alkanes) is 2. The molecule has 3 nitrogen and oxygen atoms in total. The number of benzene rings is 2. The molecular weight excluding hydrogens is 354 g/mol. The lowest BCUT2D eigenvalue weighted by molar-refractivity contribution is 0.249. The van der Waals surface area contributed by atoms with Gasteiger partial charge in [-0.25, -0.2) is 4.98 Å². The van der Waals surface area contributed by atoms with E-state index in [1.54, 1.807) is 0 Å². The molecule has 0 aliphatic carbocycles. The van der Waals surface area contributed by atoms with Gasteiger partial charge in [-0.2, -0.15) is 0 Å². The Bertz CT molecular complexity index is 852. The zero-order valence-electron chi connectivity index (χ0n) is 18.3. The van der Waals surface area contributed by atoms with Crippen molar-refractivity contribution < 1.29 is 0 Å². The predicted octanol–water partition coefficient (Wildman–Crippen LogP) is 6.46. The molecule has 0 amide bonds. The van der Waals surface area contributed by atoms with E-state index in [1.165, 1.54) is 48.2 Å². The predicted molar refractivity (Wildman–Crippen MR) is 123 cm³/mol. The molecule has 3 rings (SSSR count). The summed E-state index contributed by atoms with van der Waals surface area (Å²) in [5.74, 6) is 1.11. The van der Waals surface area contributed by atoms with Gasteiger partial charge in [-0.05, 0) is 31.9 Å². The summed E-state index contributed by atoms with van der Waals surface area (Å²) in [7, 11) is 0. The second-order valence-corrected chi connectivity index (χ2v) is 7.89. The van der Waals surface area contributed by atoms with Crippen LogP contribution in [0.5, 0.6) is 0 Å². The fourth-order valence-corrected chi connectivity index (χ4v) is 3.78. The summed E-state index contributed by atoms with van der Waals surface area (Å²) in [6.45, 7) is 10.8. The summed E-state index contributed by atoms with van der Waals surface area (Å²) in [4.78, 5) is 7.69. The summed E-state index contributed by atoms with van der Waals surface area (Å²) in [6, 6.07) is 21.4. The maximum Gasteiger partial charge on any atom is 0.140 e. The van der Waals surface area contributed by atoms with E-state index in [2.05, 4.69) is 90.9 Å². The lowest BCUT2D eigenvalue weighted by Gasteiger charge is -2.22. The normalized spacial score (nSPS) is 11.3. The summed E-state index contributed by atoms with van der Waals surface area (Å²) in [5.41, 5.74) is 5.11. The van der Waals surface area contributed by atoms with Crippen molar-refractivity contribution in [3.63, 3.8) is 0 Å². The topological polar surface area (TPSA) is 21.1 Å². The zero-order chi connectivity index (χ0) is 20.5. The van der Waals surface area contributed by atoms with Crippen molar-refractivity contribution >= 4 is 0 Å². The van der Waals surface area contributed by atoms with Crippen LogP contribution < -0.4 is 0 Å². The molecule has 29 heavy (non-hydrogen) atoms. The Morgan fingerprint density at radius 1 is 0.828 bits per heavy atom. The standard InChI is InChI=1S/C26H35N3/c1-4-6-18-28(20-23-14-10-8-11-15-23)21-25-22(3)29(19-7-5-2)26(27-25)24-16-12-9-13-17-24/h8-17H,4-7,18-21H2,1-3H3. The van der Waals surface area contributed by atoms with Gasteiger partial charge in [0.25, 0.3) is 0 Å². The quantitative estimate of drug-likeness (QED) is 0.375. The minimum absolute atomic E-state index is 0.902. The second kappa shape index (κ2) is 11.0. The molecular formula is C26H35N3. The van der Waals surface area contributed by atoms with Gasteiger partial charge in [-0.15, -0.1) is 0 Å². The molecule has 0 unspecified atom stereocenters. The summed E-state index contributed by atoms with van der Waals surface area (Å²) in [6.07, 6.45) is 4.80. The highest BCUT2D eigenvalue weighted by atomic mass is 15.2. The maximum absolute atomic E-state index is 5.14. The second-order valence-electron chi connectivity index (χ2n) is 7.89. The van der Waals surface area contributed by atoms with Crippen LogP contribution in [0, 0.1) is 6.92 Å². The van der Waals surface area contributed by atoms with Crippen molar-refractivity contribution in [2.45, 2.75) is 66.1 Å². The van der Waals surface area contributed by atoms with E-state index in [1.807, 2.05) is 0 Å². The Morgan fingerprint density at radius 2 is 1.48 bits per heavy atom. The number of nitrogens with zero attached hydrogens (tertiary/aromatic N) is 3. The molecule has 2 aromatic carbocycles. The van der Waals surface area contributed by atoms with Gasteiger partial charge >= 0.3 is 0 Å². The molecule has 1 heterocycles. The molecule has 0 saturated carbocycles. The van der Waals surface area contributed by atoms with E-state index < -0.39 is 0 Å². The van der Waals surface area contributed by atoms with Gasteiger partial charge in [0.05, 0.1) is 5.69 Å². The highest BCUT2D eigenvalue weighted by Crippen LogP contribution is 2.24. The Hall–Kier alpha value is -2.39. The number of imidazole rings is 1. The van der Waals surface area contributed by atoms with E-state index in [4.69, 9.17) is 4.98 Å². The van der Waals surface area contributed by atoms with Crippen molar-refractivity contribution in [1.29, 1.82) is 0 Å². The minimum atomic E-state index is 0.902. The highest BCUT2D eigenvalue weighted by Gasteiger charge is 2.17. The number of hydrogen-bond acceptors (Lipinski definition) is 2. The first-order valence-electron chi connectivity index (χ1n) is 11.1. The van der Waals surface area contributed by atoms with Crippen molar-refractivity contribution in [2.75, 3.05) is 6.54 Å². The molecule has 0 N–H and O–H groups in total. The molecule has 0 fully saturated rings. The van der Waals surface area contributed by atoms with Crippen LogP contribution in [0.2, 0.25) is 0 Å². The molecule has 0 saturated heterocycles. The zero-order valence-corrected chi connectivity index (χ0v) is 18.3. The van der Waals surface area contributed by atoms with Crippen LogP contribution >= 0.6 is 0 Å². The molecule has 3 heteroatoms. The van der Waals surface area contributed by atoms with Crippen molar-refractivity contribution in [1.82, 2.24) is 14.5 Å².